The minimum Gasteiger partial charge on any atom is -0.490 e. The molecule has 0 unspecified atom stereocenters. The fraction of sp³-hybridized carbons (Fsp3) is 0.455. The van der Waals surface area contributed by atoms with Gasteiger partial charge in [-0.2, -0.15) is 0 Å². The number of hydrogen-bond acceptors (Lipinski definition) is 3. The fourth-order valence-electron chi connectivity index (χ4n) is 3.43. The fourth-order valence-corrected chi connectivity index (χ4v) is 3.43. The van der Waals surface area contributed by atoms with E-state index in [1.54, 1.807) is 0 Å². The van der Waals surface area contributed by atoms with Crippen molar-refractivity contribution in [2.24, 2.45) is 5.92 Å². The monoisotopic (exact) mass is 340 g/mol. The molecule has 25 heavy (non-hydrogen) atoms. The molecule has 1 saturated carbocycles. The number of para-hydroxylation sites is 1. The third-order valence-corrected chi connectivity index (χ3v) is 4.86. The highest BCUT2D eigenvalue weighted by Crippen LogP contribution is 2.28. The lowest BCUT2D eigenvalue weighted by Crippen LogP contribution is -2.26. The highest BCUT2D eigenvalue weighted by atomic mass is 16.5. The molecule has 1 aliphatic carbocycles. The maximum absolute atomic E-state index is 10.1. The van der Waals surface area contributed by atoms with Crippen LogP contribution in [0, 0.1) is 5.92 Å². The van der Waals surface area contributed by atoms with Crippen molar-refractivity contribution in [3.05, 3.63) is 60.2 Å². The summed E-state index contributed by atoms with van der Waals surface area (Å²) in [6.45, 7) is 2.52. The van der Waals surface area contributed by atoms with Gasteiger partial charge in [0.05, 0.1) is 6.10 Å². The molecule has 0 radical (unpaired) electrons. The number of rotatable bonds is 7. The topological polar surface area (TPSA) is 38.7 Å². The highest BCUT2D eigenvalue weighted by Gasteiger charge is 2.22. The first kappa shape index (κ1) is 17.8. The molecule has 0 spiro atoms. The van der Waals surface area contributed by atoms with Crippen molar-refractivity contribution < 1.29 is 14.6 Å². The van der Waals surface area contributed by atoms with Gasteiger partial charge in [-0.3, -0.25) is 0 Å². The van der Waals surface area contributed by atoms with Crippen LogP contribution in [0.25, 0.3) is 0 Å². The average molecular weight is 340 g/mol. The number of ether oxygens (including phenoxy) is 2. The number of benzene rings is 2. The summed E-state index contributed by atoms with van der Waals surface area (Å²) in [7, 11) is 0. The second kappa shape index (κ2) is 8.91. The van der Waals surface area contributed by atoms with Gasteiger partial charge in [-0.1, -0.05) is 43.2 Å². The van der Waals surface area contributed by atoms with Crippen LogP contribution >= 0.6 is 0 Å². The molecule has 0 amide bonds. The van der Waals surface area contributed by atoms with E-state index < -0.39 is 0 Å². The molecule has 1 N–H and O–H groups in total. The van der Waals surface area contributed by atoms with Crippen LogP contribution < -0.4 is 9.47 Å². The van der Waals surface area contributed by atoms with E-state index in [0.29, 0.717) is 12.5 Å². The van der Waals surface area contributed by atoms with Crippen LogP contribution in [0.3, 0.4) is 0 Å². The summed E-state index contributed by atoms with van der Waals surface area (Å²) < 4.78 is 11.7. The molecule has 0 saturated heterocycles. The first-order chi connectivity index (χ1) is 12.2. The molecule has 2 aromatic carbocycles. The van der Waals surface area contributed by atoms with Crippen LogP contribution in [0.1, 0.15) is 38.2 Å². The summed E-state index contributed by atoms with van der Waals surface area (Å²) in [6, 6.07) is 18.0. The van der Waals surface area contributed by atoms with E-state index in [2.05, 4.69) is 12.1 Å². The van der Waals surface area contributed by atoms with E-state index in [1.165, 1.54) is 12.0 Å². The summed E-state index contributed by atoms with van der Waals surface area (Å²) >= 11 is 0. The lowest BCUT2D eigenvalue weighted by molar-refractivity contribution is 0.0700. The van der Waals surface area contributed by atoms with Gasteiger partial charge in [0.25, 0.3) is 0 Å². The van der Waals surface area contributed by atoms with Crippen molar-refractivity contribution >= 4 is 0 Å². The van der Waals surface area contributed by atoms with E-state index in [9.17, 15) is 5.11 Å². The minimum absolute atomic E-state index is 0.0144. The predicted octanol–water partition coefficient (Wildman–Crippen LogP) is 4.63. The Balaban J connectivity index is 1.45. The predicted molar refractivity (Wildman–Crippen MR) is 100 cm³/mol. The van der Waals surface area contributed by atoms with Gasteiger partial charge in [-0.15, -0.1) is 0 Å². The van der Waals surface area contributed by atoms with Crippen LogP contribution in [0.5, 0.6) is 11.5 Å². The summed E-state index contributed by atoms with van der Waals surface area (Å²) in [5.74, 6) is 2.12. The van der Waals surface area contributed by atoms with Crippen LogP contribution in [0.2, 0.25) is 0 Å². The van der Waals surface area contributed by atoms with Gasteiger partial charge < -0.3 is 14.6 Å². The Bertz CT molecular complexity index is 623. The Hall–Kier alpha value is -2.00. The Morgan fingerprint density at radius 2 is 1.68 bits per heavy atom. The van der Waals surface area contributed by atoms with E-state index >= 15 is 0 Å². The smallest absolute Gasteiger partial charge is 0.130 e. The van der Waals surface area contributed by atoms with E-state index in [0.717, 1.165) is 37.2 Å². The van der Waals surface area contributed by atoms with Crippen molar-refractivity contribution in [2.45, 2.75) is 51.2 Å². The zero-order valence-electron chi connectivity index (χ0n) is 14.9. The zero-order chi connectivity index (χ0) is 17.5. The highest BCUT2D eigenvalue weighted by molar-refractivity contribution is 5.28. The van der Waals surface area contributed by atoms with E-state index in [4.69, 9.17) is 9.47 Å². The van der Waals surface area contributed by atoms with Crippen molar-refractivity contribution in [3.8, 4) is 11.5 Å². The minimum atomic E-state index is -0.138. The maximum atomic E-state index is 10.1. The molecule has 3 heteroatoms. The van der Waals surface area contributed by atoms with Gasteiger partial charge in [0.2, 0.25) is 0 Å². The molecular formula is C22H28O3. The molecule has 3 atom stereocenters. The molecule has 2 aromatic rings. The van der Waals surface area contributed by atoms with Crippen molar-refractivity contribution in [1.29, 1.82) is 0 Å². The van der Waals surface area contributed by atoms with Crippen LogP contribution in [0.4, 0.5) is 0 Å². The van der Waals surface area contributed by atoms with Crippen molar-refractivity contribution in [2.75, 3.05) is 6.61 Å². The summed E-state index contributed by atoms with van der Waals surface area (Å²) in [4.78, 5) is 0. The number of aliphatic hydroxyl groups is 1. The molecule has 0 aromatic heterocycles. The van der Waals surface area contributed by atoms with Gasteiger partial charge in [0, 0.05) is 0 Å². The van der Waals surface area contributed by atoms with Gasteiger partial charge in [-0.05, 0) is 61.9 Å². The largest absolute Gasteiger partial charge is 0.490 e. The summed E-state index contributed by atoms with van der Waals surface area (Å²) in [6.07, 6.45) is 5.28. The van der Waals surface area contributed by atoms with Gasteiger partial charge in [-0.25, -0.2) is 0 Å². The molecule has 0 heterocycles. The van der Waals surface area contributed by atoms with E-state index in [-0.39, 0.29) is 12.2 Å². The second-order valence-electron chi connectivity index (χ2n) is 7.01. The first-order valence-corrected chi connectivity index (χ1v) is 9.32. The van der Waals surface area contributed by atoms with Gasteiger partial charge in [0.1, 0.15) is 24.2 Å². The quantitative estimate of drug-likeness (QED) is 0.799. The Morgan fingerprint density at radius 3 is 2.40 bits per heavy atom. The Morgan fingerprint density at radius 1 is 0.960 bits per heavy atom. The molecule has 3 rings (SSSR count). The standard InChI is InChI=1S/C22H28O3/c1-17(25-21-8-3-2-4-9-21)16-24-20-13-11-18(12-14-20)15-19-7-5-6-10-22(19)23/h2-4,8-9,11-14,17,19,22-23H,5-7,10,15-16H2,1H3/t17-,19-,22+/m1/s1. The lowest BCUT2D eigenvalue weighted by Gasteiger charge is -2.27. The molecular weight excluding hydrogens is 312 g/mol. The lowest BCUT2D eigenvalue weighted by atomic mass is 9.82. The summed E-state index contributed by atoms with van der Waals surface area (Å²) in [5, 5.41) is 10.1. The van der Waals surface area contributed by atoms with E-state index in [1.807, 2.05) is 49.4 Å². The maximum Gasteiger partial charge on any atom is 0.130 e. The Labute approximate surface area is 150 Å². The molecule has 0 bridgehead atoms. The molecule has 1 fully saturated rings. The number of hydrogen-bond donors (Lipinski definition) is 1. The molecule has 1 aliphatic rings. The summed E-state index contributed by atoms with van der Waals surface area (Å²) in [5.41, 5.74) is 1.27. The first-order valence-electron chi connectivity index (χ1n) is 9.32. The Kier molecular flexibility index (Phi) is 6.35. The third kappa shape index (κ3) is 5.50. The SMILES string of the molecule is C[C@H](COc1ccc(C[C@H]2CCCC[C@@H]2O)cc1)Oc1ccccc1. The molecule has 3 nitrogen and oxygen atoms in total. The van der Waals surface area contributed by atoms with Gasteiger partial charge >= 0.3 is 0 Å². The zero-order valence-corrected chi connectivity index (χ0v) is 14.9. The molecule has 134 valence electrons. The van der Waals surface area contributed by atoms with Crippen LogP contribution in [-0.2, 0) is 6.42 Å². The van der Waals surface area contributed by atoms with Crippen LogP contribution in [-0.4, -0.2) is 23.9 Å². The second-order valence-corrected chi connectivity index (χ2v) is 7.01. The average Bonchev–Trinajstić information content (AvgIpc) is 2.64. The molecule has 0 aliphatic heterocycles. The number of aliphatic hydroxyl groups excluding tert-OH is 1. The van der Waals surface area contributed by atoms with Crippen molar-refractivity contribution in [1.82, 2.24) is 0 Å². The third-order valence-electron chi connectivity index (χ3n) is 4.86. The van der Waals surface area contributed by atoms with Crippen molar-refractivity contribution in [3.63, 3.8) is 0 Å². The normalized spacial score (nSPS) is 21.5. The van der Waals surface area contributed by atoms with Gasteiger partial charge in [0.15, 0.2) is 0 Å². The van der Waals surface area contributed by atoms with Crippen LogP contribution in [0.15, 0.2) is 54.6 Å².